The average molecular weight is 323 g/mol. The summed E-state index contributed by atoms with van der Waals surface area (Å²) in [6.07, 6.45) is 20.9. The molecule has 0 atom stereocenters. The third-order valence-electron chi connectivity index (χ3n) is 4.07. The van der Waals surface area contributed by atoms with Crippen molar-refractivity contribution < 1.29 is 10.2 Å². The number of hydrogen-bond acceptors (Lipinski definition) is 2. The summed E-state index contributed by atoms with van der Waals surface area (Å²) >= 11 is 0. The minimum atomic E-state index is 0. The fourth-order valence-corrected chi connectivity index (χ4v) is 2.70. The second-order valence-electron chi connectivity index (χ2n) is 6.10. The van der Waals surface area contributed by atoms with Gasteiger partial charge in [0, 0.05) is 13.2 Å². The summed E-state index contributed by atoms with van der Waals surface area (Å²) in [6.45, 7) is 0.725. The lowest BCUT2D eigenvalue weighted by molar-refractivity contribution is 0.282. The lowest BCUT2D eigenvalue weighted by Gasteiger charge is -2.03. The molecule has 0 radical (unpaired) electrons. The minimum Gasteiger partial charge on any atom is -0.396 e. The van der Waals surface area contributed by atoms with E-state index >= 15 is 0 Å². The van der Waals surface area contributed by atoms with Crippen molar-refractivity contribution in [1.29, 1.82) is 0 Å². The summed E-state index contributed by atoms with van der Waals surface area (Å²) in [5.41, 5.74) is 0. The first-order valence-corrected chi connectivity index (χ1v) is 9.13. The average Bonchev–Trinajstić information content (AvgIpc) is 2.47. The van der Waals surface area contributed by atoms with Crippen LogP contribution in [0, 0.1) is 0 Å². The zero-order chi connectivity index (χ0) is 14.7. The van der Waals surface area contributed by atoms with Gasteiger partial charge in [-0.05, 0) is 12.8 Å². The van der Waals surface area contributed by atoms with Crippen molar-refractivity contribution in [3.8, 4) is 0 Å². The van der Waals surface area contributed by atoms with Gasteiger partial charge in [-0.1, -0.05) is 89.9 Å². The lowest BCUT2D eigenvalue weighted by Crippen LogP contribution is -1.85. The van der Waals surface area contributed by atoms with Crippen LogP contribution in [0.3, 0.4) is 0 Å². The third kappa shape index (κ3) is 22.6. The molecule has 0 saturated carbocycles. The van der Waals surface area contributed by atoms with Crippen molar-refractivity contribution in [2.24, 2.45) is 0 Å². The highest BCUT2D eigenvalue weighted by atomic mass is 35.5. The second-order valence-corrected chi connectivity index (χ2v) is 6.10. The van der Waals surface area contributed by atoms with Gasteiger partial charge in [-0.3, -0.25) is 0 Å². The topological polar surface area (TPSA) is 40.5 Å². The van der Waals surface area contributed by atoms with Crippen LogP contribution >= 0.6 is 12.4 Å². The molecule has 130 valence electrons. The quantitative estimate of drug-likeness (QED) is 0.340. The second kappa shape index (κ2) is 22.5. The SMILES string of the molecule is Cl.OCCCCCCCCCCCCCCCCCCO. The number of aliphatic hydroxyl groups is 2. The van der Waals surface area contributed by atoms with Crippen LogP contribution in [0.2, 0.25) is 0 Å². The van der Waals surface area contributed by atoms with Gasteiger partial charge >= 0.3 is 0 Å². The Hall–Kier alpha value is 0.210. The first-order valence-electron chi connectivity index (χ1n) is 9.13. The van der Waals surface area contributed by atoms with Gasteiger partial charge in [-0.25, -0.2) is 0 Å². The van der Waals surface area contributed by atoms with Crippen LogP contribution in [0.5, 0.6) is 0 Å². The Morgan fingerprint density at radius 2 is 0.429 bits per heavy atom. The predicted octanol–water partition coefficient (Wildman–Crippen LogP) is 5.63. The largest absolute Gasteiger partial charge is 0.396 e. The van der Waals surface area contributed by atoms with Gasteiger partial charge < -0.3 is 10.2 Å². The molecule has 0 aromatic carbocycles. The van der Waals surface area contributed by atoms with Crippen molar-refractivity contribution in [3.63, 3.8) is 0 Å². The van der Waals surface area contributed by atoms with Crippen LogP contribution in [0.1, 0.15) is 103 Å². The van der Waals surface area contributed by atoms with E-state index in [0.29, 0.717) is 13.2 Å². The van der Waals surface area contributed by atoms with E-state index in [1.54, 1.807) is 0 Å². The normalized spacial score (nSPS) is 10.6. The van der Waals surface area contributed by atoms with Crippen LogP contribution in [0.15, 0.2) is 0 Å². The van der Waals surface area contributed by atoms with E-state index in [2.05, 4.69) is 0 Å². The van der Waals surface area contributed by atoms with Gasteiger partial charge in [0.2, 0.25) is 0 Å². The summed E-state index contributed by atoms with van der Waals surface area (Å²) in [6, 6.07) is 0. The third-order valence-corrected chi connectivity index (χ3v) is 4.07. The number of rotatable bonds is 17. The molecule has 0 aromatic heterocycles. The van der Waals surface area contributed by atoms with E-state index in [1.165, 1.54) is 89.9 Å². The summed E-state index contributed by atoms with van der Waals surface area (Å²) < 4.78 is 0. The highest BCUT2D eigenvalue weighted by Crippen LogP contribution is 2.13. The molecule has 0 spiro atoms. The Morgan fingerprint density at radius 3 is 0.571 bits per heavy atom. The maximum absolute atomic E-state index is 8.67. The van der Waals surface area contributed by atoms with Gasteiger partial charge in [0.25, 0.3) is 0 Å². The molecule has 3 heteroatoms. The van der Waals surface area contributed by atoms with E-state index in [9.17, 15) is 0 Å². The highest BCUT2D eigenvalue weighted by molar-refractivity contribution is 5.85. The standard InChI is InChI=1S/C18H38O2.ClH/c19-17-15-13-11-9-7-5-3-1-2-4-6-8-10-12-14-16-18-20;/h19-20H,1-18H2;1H. The molecule has 2 N–H and O–H groups in total. The Bertz CT molecular complexity index is 147. The molecule has 0 rings (SSSR count). The van der Waals surface area contributed by atoms with E-state index < -0.39 is 0 Å². The highest BCUT2D eigenvalue weighted by Gasteiger charge is 1.94. The number of unbranched alkanes of at least 4 members (excludes halogenated alkanes) is 15. The maximum Gasteiger partial charge on any atom is 0.0431 e. The van der Waals surface area contributed by atoms with Crippen molar-refractivity contribution in [2.75, 3.05) is 13.2 Å². The Labute approximate surface area is 139 Å². The monoisotopic (exact) mass is 322 g/mol. The molecule has 0 aromatic rings. The van der Waals surface area contributed by atoms with Gasteiger partial charge in [0.05, 0.1) is 0 Å². The van der Waals surface area contributed by atoms with Crippen LogP contribution < -0.4 is 0 Å². The van der Waals surface area contributed by atoms with Crippen LogP contribution in [0.4, 0.5) is 0 Å². The zero-order valence-electron chi connectivity index (χ0n) is 14.0. The van der Waals surface area contributed by atoms with Crippen molar-refractivity contribution in [2.45, 2.75) is 103 Å². The molecule has 0 aliphatic rings. The van der Waals surface area contributed by atoms with E-state index in [1.807, 2.05) is 0 Å². The fourth-order valence-electron chi connectivity index (χ4n) is 2.70. The van der Waals surface area contributed by atoms with Crippen LogP contribution in [-0.4, -0.2) is 23.4 Å². The molecule has 0 saturated heterocycles. The first-order chi connectivity index (χ1) is 9.91. The molecular weight excluding hydrogens is 284 g/mol. The van der Waals surface area contributed by atoms with Crippen molar-refractivity contribution in [1.82, 2.24) is 0 Å². The molecule has 0 fully saturated rings. The van der Waals surface area contributed by atoms with Gasteiger partial charge in [-0.2, -0.15) is 0 Å². The fraction of sp³-hybridized carbons (Fsp3) is 1.00. The van der Waals surface area contributed by atoms with E-state index in [4.69, 9.17) is 10.2 Å². The Kier molecular flexibility index (Phi) is 25.1. The smallest absolute Gasteiger partial charge is 0.0431 e. The molecule has 0 aliphatic carbocycles. The Morgan fingerprint density at radius 1 is 0.286 bits per heavy atom. The molecule has 0 heterocycles. The zero-order valence-corrected chi connectivity index (χ0v) is 14.8. The lowest BCUT2D eigenvalue weighted by atomic mass is 10.0. The summed E-state index contributed by atoms with van der Waals surface area (Å²) in [5, 5.41) is 17.3. The minimum absolute atomic E-state index is 0. The Balaban J connectivity index is 0. The summed E-state index contributed by atoms with van der Waals surface area (Å²) in [4.78, 5) is 0. The van der Waals surface area contributed by atoms with Crippen LogP contribution in [0.25, 0.3) is 0 Å². The summed E-state index contributed by atoms with van der Waals surface area (Å²) in [5.74, 6) is 0. The van der Waals surface area contributed by atoms with E-state index in [0.717, 1.165) is 12.8 Å². The van der Waals surface area contributed by atoms with Crippen molar-refractivity contribution in [3.05, 3.63) is 0 Å². The molecule has 0 amide bonds. The molecule has 0 aliphatic heterocycles. The molecule has 2 nitrogen and oxygen atoms in total. The van der Waals surface area contributed by atoms with Gasteiger partial charge in [0.15, 0.2) is 0 Å². The van der Waals surface area contributed by atoms with Crippen LogP contribution in [-0.2, 0) is 0 Å². The number of hydrogen-bond donors (Lipinski definition) is 2. The van der Waals surface area contributed by atoms with Crippen molar-refractivity contribution >= 4 is 12.4 Å². The van der Waals surface area contributed by atoms with E-state index in [-0.39, 0.29) is 12.4 Å². The first kappa shape index (κ1) is 23.5. The van der Waals surface area contributed by atoms with Gasteiger partial charge in [-0.15, -0.1) is 12.4 Å². The number of aliphatic hydroxyl groups excluding tert-OH is 2. The summed E-state index contributed by atoms with van der Waals surface area (Å²) in [7, 11) is 0. The predicted molar refractivity (Wildman–Crippen MR) is 95.3 cm³/mol. The molecule has 0 bridgehead atoms. The molecule has 0 unspecified atom stereocenters. The molecule has 21 heavy (non-hydrogen) atoms. The van der Waals surface area contributed by atoms with Gasteiger partial charge in [0.1, 0.15) is 0 Å². The molecular formula is C18H39ClO2. The number of halogens is 1. The maximum atomic E-state index is 8.67.